The number of ether oxygens (including phenoxy) is 1. The first-order chi connectivity index (χ1) is 10.1. The van der Waals surface area contributed by atoms with Crippen molar-refractivity contribution in [3.05, 3.63) is 24.3 Å². The Bertz CT molecular complexity index is 498. The molecule has 0 heterocycles. The first kappa shape index (κ1) is 15.2. The molecule has 1 aliphatic rings. The normalized spacial score (nSPS) is 15.2. The number of amides is 2. The number of urea groups is 1. The molecule has 0 radical (unpaired) electrons. The van der Waals surface area contributed by atoms with Crippen molar-refractivity contribution in [1.29, 1.82) is 5.41 Å². The first-order valence-corrected chi connectivity index (χ1v) is 7.27. The number of carbonyl (C=O) groups excluding carboxylic acids is 1. The molecule has 1 aromatic carbocycles. The zero-order valence-corrected chi connectivity index (χ0v) is 12.0. The highest BCUT2D eigenvalue weighted by Gasteiger charge is 2.16. The van der Waals surface area contributed by atoms with Crippen LogP contribution in [0.1, 0.15) is 32.1 Å². The van der Waals surface area contributed by atoms with Crippen LogP contribution >= 0.6 is 0 Å². The van der Waals surface area contributed by atoms with Gasteiger partial charge in [0.2, 0.25) is 0 Å². The SMILES string of the molecule is N=C(N)COc1ccccc1NC(=O)NC1CCCCC1. The van der Waals surface area contributed by atoms with Gasteiger partial charge in [-0.1, -0.05) is 31.4 Å². The Morgan fingerprint density at radius 1 is 1.29 bits per heavy atom. The molecule has 0 atom stereocenters. The summed E-state index contributed by atoms with van der Waals surface area (Å²) in [5.74, 6) is 0.447. The summed E-state index contributed by atoms with van der Waals surface area (Å²) in [5.41, 5.74) is 5.85. The summed E-state index contributed by atoms with van der Waals surface area (Å²) in [6.45, 7) is 0.00291. The highest BCUT2D eigenvalue weighted by Crippen LogP contribution is 2.24. The van der Waals surface area contributed by atoms with Gasteiger partial charge in [-0.25, -0.2) is 4.79 Å². The van der Waals surface area contributed by atoms with Gasteiger partial charge >= 0.3 is 6.03 Å². The van der Waals surface area contributed by atoms with E-state index in [-0.39, 0.29) is 24.5 Å². The number of rotatable bonds is 5. The molecule has 0 unspecified atom stereocenters. The van der Waals surface area contributed by atoms with E-state index >= 15 is 0 Å². The zero-order valence-electron chi connectivity index (χ0n) is 12.0. The number of para-hydroxylation sites is 2. The lowest BCUT2D eigenvalue weighted by atomic mass is 9.96. The fraction of sp³-hybridized carbons (Fsp3) is 0.467. The molecule has 2 rings (SSSR count). The Morgan fingerprint density at radius 2 is 2.00 bits per heavy atom. The maximum Gasteiger partial charge on any atom is 0.319 e. The zero-order chi connectivity index (χ0) is 15.1. The molecule has 1 aromatic rings. The van der Waals surface area contributed by atoms with Crippen molar-refractivity contribution < 1.29 is 9.53 Å². The number of hydrogen-bond donors (Lipinski definition) is 4. The van der Waals surface area contributed by atoms with Crippen LogP contribution in [0.2, 0.25) is 0 Å². The summed E-state index contributed by atoms with van der Waals surface area (Å²) >= 11 is 0. The van der Waals surface area contributed by atoms with Crippen molar-refractivity contribution >= 4 is 17.6 Å². The topological polar surface area (TPSA) is 100 Å². The van der Waals surface area contributed by atoms with E-state index in [1.165, 1.54) is 19.3 Å². The van der Waals surface area contributed by atoms with Crippen molar-refractivity contribution in [2.75, 3.05) is 11.9 Å². The monoisotopic (exact) mass is 290 g/mol. The molecular weight excluding hydrogens is 268 g/mol. The van der Waals surface area contributed by atoms with E-state index in [2.05, 4.69) is 10.6 Å². The second-order valence-corrected chi connectivity index (χ2v) is 5.24. The minimum atomic E-state index is -0.222. The molecule has 1 aliphatic carbocycles. The summed E-state index contributed by atoms with van der Waals surface area (Å²) in [6, 6.07) is 7.15. The van der Waals surface area contributed by atoms with E-state index in [4.69, 9.17) is 15.9 Å². The van der Waals surface area contributed by atoms with Gasteiger partial charge < -0.3 is 21.1 Å². The average Bonchev–Trinajstić information content (AvgIpc) is 2.47. The van der Waals surface area contributed by atoms with E-state index in [1.54, 1.807) is 18.2 Å². The standard InChI is InChI=1S/C15H22N4O2/c16-14(17)10-21-13-9-5-4-8-12(13)19-15(20)18-11-6-2-1-3-7-11/h4-5,8-9,11H,1-3,6-7,10H2,(H3,16,17)(H2,18,19,20). The minimum Gasteiger partial charge on any atom is -0.484 e. The third-order valence-electron chi connectivity index (χ3n) is 3.46. The van der Waals surface area contributed by atoms with Gasteiger partial charge in [0.15, 0.2) is 0 Å². The number of nitrogens with one attached hydrogen (secondary N) is 3. The van der Waals surface area contributed by atoms with E-state index in [0.29, 0.717) is 11.4 Å². The van der Waals surface area contributed by atoms with Crippen molar-refractivity contribution in [1.82, 2.24) is 5.32 Å². The third kappa shape index (κ3) is 4.98. The van der Waals surface area contributed by atoms with Crippen LogP contribution in [0.5, 0.6) is 5.75 Å². The van der Waals surface area contributed by atoms with E-state index in [1.807, 2.05) is 6.07 Å². The number of benzene rings is 1. The van der Waals surface area contributed by atoms with Crippen LogP contribution in [-0.2, 0) is 0 Å². The maximum atomic E-state index is 12.0. The fourth-order valence-corrected chi connectivity index (χ4v) is 2.44. The van der Waals surface area contributed by atoms with Gasteiger partial charge in [0.1, 0.15) is 18.2 Å². The second-order valence-electron chi connectivity index (χ2n) is 5.24. The highest BCUT2D eigenvalue weighted by molar-refractivity contribution is 5.91. The van der Waals surface area contributed by atoms with Crippen LogP contribution < -0.4 is 21.1 Å². The highest BCUT2D eigenvalue weighted by atomic mass is 16.5. The predicted octanol–water partition coefficient (Wildman–Crippen LogP) is 2.46. The summed E-state index contributed by atoms with van der Waals surface area (Å²) in [7, 11) is 0. The summed E-state index contributed by atoms with van der Waals surface area (Å²) in [6.07, 6.45) is 5.67. The summed E-state index contributed by atoms with van der Waals surface area (Å²) in [5, 5.41) is 13.0. The molecule has 1 saturated carbocycles. The van der Waals surface area contributed by atoms with Crippen molar-refractivity contribution in [3.8, 4) is 5.75 Å². The van der Waals surface area contributed by atoms with Gasteiger partial charge in [-0.15, -0.1) is 0 Å². The number of anilines is 1. The van der Waals surface area contributed by atoms with Crippen LogP contribution in [0.4, 0.5) is 10.5 Å². The number of hydrogen-bond acceptors (Lipinski definition) is 3. The Hall–Kier alpha value is -2.24. The van der Waals surface area contributed by atoms with E-state index < -0.39 is 0 Å². The first-order valence-electron chi connectivity index (χ1n) is 7.27. The van der Waals surface area contributed by atoms with Crippen molar-refractivity contribution in [2.24, 2.45) is 5.73 Å². The molecule has 0 aliphatic heterocycles. The van der Waals surface area contributed by atoms with E-state index in [0.717, 1.165) is 12.8 Å². The lowest BCUT2D eigenvalue weighted by Gasteiger charge is -2.23. The van der Waals surface area contributed by atoms with Gasteiger partial charge in [-0.05, 0) is 25.0 Å². The van der Waals surface area contributed by atoms with Crippen molar-refractivity contribution in [2.45, 2.75) is 38.1 Å². The van der Waals surface area contributed by atoms with Crippen LogP contribution in [0.25, 0.3) is 0 Å². The molecule has 114 valence electrons. The minimum absolute atomic E-state index is 0.00291. The van der Waals surface area contributed by atoms with Crippen LogP contribution in [0, 0.1) is 5.41 Å². The van der Waals surface area contributed by atoms with Gasteiger partial charge in [0.05, 0.1) is 5.69 Å². The lowest BCUT2D eigenvalue weighted by Crippen LogP contribution is -2.39. The summed E-state index contributed by atoms with van der Waals surface area (Å²) in [4.78, 5) is 12.0. The number of amidine groups is 1. The van der Waals surface area contributed by atoms with Gasteiger partial charge in [-0.3, -0.25) is 5.41 Å². The molecule has 5 N–H and O–H groups in total. The molecular formula is C15H22N4O2. The van der Waals surface area contributed by atoms with Crippen LogP contribution in [-0.4, -0.2) is 24.5 Å². The molecule has 1 fully saturated rings. The summed E-state index contributed by atoms with van der Waals surface area (Å²) < 4.78 is 5.40. The van der Waals surface area contributed by atoms with E-state index in [9.17, 15) is 4.79 Å². The molecule has 0 aromatic heterocycles. The average molecular weight is 290 g/mol. The largest absolute Gasteiger partial charge is 0.484 e. The van der Waals surface area contributed by atoms with Gasteiger partial charge in [-0.2, -0.15) is 0 Å². The quantitative estimate of drug-likeness (QED) is 0.495. The fourth-order valence-electron chi connectivity index (χ4n) is 2.44. The van der Waals surface area contributed by atoms with Crippen molar-refractivity contribution in [3.63, 3.8) is 0 Å². The Labute approximate surface area is 124 Å². The lowest BCUT2D eigenvalue weighted by molar-refractivity contribution is 0.244. The van der Waals surface area contributed by atoms with Gasteiger partial charge in [0, 0.05) is 6.04 Å². The number of carbonyl (C=O) groups is 1. The second kappa shape index (κ2) is 7.52. The molecule has 0 saturated heterocycles. The Morgan fingerprint density at radius 3 is 2.71 bits per heavy atom. The molecule has 2 amide bonds. The van der Waals surface area contributed by atoms with Gasteiger partial charge in [0.25, 0.3) is 0 Å². The Balaban J connectivity index is 1.91. The maximum absolute atomic E-state index is 12.0. The molecule has 6 nitrogen and oxygen atoms in total. The molecule has 21 heavy (non-hydrogen) atoms. The smallest absolute Gasteiger partial charge is 0.319 e. The Kier molecular flexibility index (Phi) is 5.43. The molecule has 0 spiro atoms. The number of nitrogens with two attached hydrogens (primary N) is 1. The molecule has 0 bridgehead atoms. The van der Waals surface area contributed by atoms with Crippen LogP contribution in [0.3, 0.4) is 0 Å². The predicted molar refractivity (Wildman–Crippen MR) is 82.9 cm³/mol. The molecule has 6 heteroatoms. The third-order valence-corrected chi connectivity index (χ3v) is 3.46. The van der Waals surface area contributed by atoms with Crippen LogP contribution in [0.15, 0.2) is 24.3 Å².